The maximum Gasteiger partial charge on any atom is 0.137 e. The summed E-state index contributed by atoms with van der Waals surface area (Å²) < 4.78 is 5.40. The summed E-state index contributed by atoms with van der Waals surface area (Å²) in [6.45, 7) is 3.78. The van der Waals surface area contributed by atoms with E-state index in [9.17, 15) is 0 Å². The zero-order valence-corrected chi connectivity index (χ0v) is 8.11. The van der Waals surface area contributed by atoms with E-state index in [4.69, 9.17) is 15.3 Å². The molecule has 0 bridgehead atoms. The standard InChI is InChI=1S/C11H10N2O/c1-8(2)14-11-4-3-9(6-12)5-10(11)7-13/h3-5,8H,1-2H3. The molecule has 0 aliphatic rings. The van der Waals surface area contributed by atoms with E-state index in [1.165, 1.54) is 6.07 Å². The molecule has 0 radical (unpaired) electrons. The molecule has 0 saturated carbocycles. The molecule has 1 aromatic carbocycles. The lowest BCUT2D eigenvalue weighted by Gasteiger charge is -2.10. The topological polar surface area (TPSA) is 56.8 Å². The van der Waals surface area contributed by atoms with E-state index in [0.717, 1.165) is 0 Å². The molecule has 3 nitrogen and oxygen atoms in total. The van der Waals surface area contributed by atoms with E-state index in [2.05, 4.69) is 0 Å². The van der Waals surface area contributed by atoms with Crippen molar-refractivity contribution in [1.82, 2.24) is 0 Å². The van der Waals surface area contributed by atoms with Crippen LogP contribution in [0.15, 0.2) is 18.2 Å². The van der Waals surface area contributed by atoms with E-state index in [0.29, 0.717) is 16.9 Å². The van der Waals surface area contributed by atoms with Crippen LogP contribution < -0.4 is 4.74 Å². The van der Waals surface area contributed by atoms with Gasteiger partial charge in [-0.2, -0.15) is 10.5 Å². The Kier molecular flexibility index (Phi) is 3.09. The second-order valence-electron chi connectivity index (χ2n) is 3.10. The Morgan fingerprint density at radius 3 is 2.43 bits per heavy atom. The van der Waals surface area contributed by atoms with Crippen LogP contribution in [0.25, 0.3) is 0 Å². The van der Waals surface area contributed by atoms with Crippen LogP contribution in [0.4, 0.5) is 0 Å². The van der Waals surface area contributed by atoms with Gasteiger partial charge < -0.3 is 4.74 Å². The number of rotatable bonds is 2. The summed E-state index contributed by atoms with van der Waals surface area (Å²) in [6.07, 6.45) is 0.0232. The molecule has 0 spiro atoms. The van der Waals surface area contributed by atoms with E-state index in [-0.39, 0.29) is 6.10 Å². The summed E-state index contributed by atoms with van der Waals surface area (Å²) in [6, 6.07) is 8.79. The van der Waals surface area contributed by atoms with Gasteiger partial charge in [0.25, 0.3) is 0 Å². The number of benzene rings is 1. The highest BCUT2D eigenvalue weighted by atomic mass is 16.5. The Bertz CT molecular complexity index is 410. The van der Waals surface area contributed by atoms with Crippen molar-refractivity contribution in [3.8, 4) is 17.9 Å². The summed E-state index contributed by atoms with van der Waals surface area (Å²) in [7, 11) is 0. The maximum atomic E-state index is 8.81. The Labute approximate surface area is 83.2 Å². The van der Waals surface area contributed by atoms with Crippen LogP contribution in [0, 0.1) is 22.7 Å². The van der Waals surface area contributed by atoms with Gasteiger partial charge in [0.2, 0.25) is 0 Å². The number of hydrogen-bond donors (Lipinski definition) is 0. The van der Waals surface area contributed by atoms with Gasteiger partial charge in [-0.3, -0.25) is 0 Å². The van der Waals surface area contributed by atoms with Gasteiger partial charge in [0.1, 0.15) is 11.8 Å². The third-order valence-electron chi connectivity index (χ3n) is 1.59. The van der Waals surface area contributed by atoms with E-state index >= 15 is 0 Å². The molecular formula is C11H10N2O. The minimum Gasteiger partial charge on any atom is -0.490 e. The van der Waals surface area contributed by atoms with E-state index in [1.807, 2.05) is 26.0 Å². The van der Waals surface area contributed by atoms with Crippen molar-refractivity contribution in [3.05, 3.63) is 29.3 Å². The van der Waals surface area contributed by atoms with Gasteiger partial charge in [-0.05, 0) is 32.0 Å². The molecule has 0 aliphatic carbocycles. The molecule has 0 aliphatic heterocycles. The molecule has 3 heteroatoms. The molecule has 1 rings (SSSR count). The first-order valence-corrected chi connectivity index (χ1v) is 4.28. The van der Waals surface area contributed by atoms with Gasteiger partial charge in [-0.1, -0.05) is 0 Å². The molecule has 0 fully saturated rings. The molecule has 14 heavy (non-hydrogen) atoms. The molecule has 1 aromatic rings. The highest BCUT2D eigenvalue weighted by molar-refractivity contribution is 5.48. The summed E-state index contributed by atoms with van der Waals surface area (Å²) in [5, 5.41) is 17.4. The minimum absolute atomic E-state index is 0.0232. The minimum atomic E-state index is 0.0232. The quantitative estimate of drug-likeness (QED) is 0.711. The van der Waals surface area contributed by atoms with Gasteiger partial charge in [0.05, 0.1) is 23.3 Å². The second-order valence-corrected chi connectivity index (χ2v) is 3.10. The van der Waals surface area contributed by atoms with Crippen LogP contribution in [0.3, 0.4) is 0 Å². The van der Waals surface area contributed by atoms with Crippen LogP contribution in [0.1, 0.15) is 25.0 Å². The lowest BCUT2D eigenvalue weighted by molar-refractivity contribution is 0.241. The van der Waals surface area contributed by atoms with Crippen LogP contribution in [-0.4, -0.2) is 6.10 Å². The average molecular weight is 186 g/mol. The van der Waals surface area contributed by atoms with Gasteiger partial charge >= 0.3 is 0 Å². The summed E-state index contributed by atoms with van der Waals surface area (Å²) >= 11 is 0. The molecular weight excluding hydrogens is 176 g/mol. The maximum absolute atomic E-state index is 8.81. The molecule has 70 valence electrons. The predicted octanol–water partition coefficient (Wildman–Crippen LogP) is 2.22. The summed E-state index contributed by atoms with van der Waals surface area (Å²) in [4.78, 5) is 0. The van der Waals surface area contributed by atoms with Crippen molar-refractivity contribution in [1.29, 1.82) is 10.5 Å². The molecule has 0 N–H and O–H groups in total. The van der Waals surface area contributed by atoms with Crippen LogP contribution in [-0.2, 0) is 0 Å². The third-order valence-corrected chi connectivity index (χ3v) is 1.59. The summed E-state index contributed by atoms with van der Waals surface area (Å²) in [5.74, 6) is 0.529. The Hall–Kier alpha value is -2.00. The Morgan fingerprint density at radius 2 is 1.93 bits per heavy atom. The Morgan fingerprint density at radius 1 is 1.21 bits per heavy atom. The second kappa shape index (κ2) is 4.30. The van der Waals surface area contributed by atoms with Crippen molar-refractivity contribution in [2.24, 2.45) is 0 Å². The first-order valence-electron chi connectivity index (χ1n) is 4.28. The zero-order chi connectivity index (χ0) is 10.6. The van der Waals surface area contributed by atoms with Crippen molar-refractivity contribution in [2.75, 3.05) is 0 Å². The molecule has 0 heterocycles. The van der Waals surface area contributed by atoms with Gasteiger partial charge in [0, 0.05) is 0 Å². The fraction of sp³-hybridized carbons (Fsp3) is 0.273. The fourth-order valence-corrected chi connectivity index (χ4v) is 1.04. The molecule has 0 aromatic heterocycles. The molecule has 0 atom stereocenters. The van der Waals surface area contributed by atoms with E-state index in [1.54, 1.807) is 12.1 Å². The van der Waals surface area contributed by atoms with Crippen LogP contribution in [0.2, 0.25) is 0 Å². The monoisotopic (exact) mass is 186 g/mol. The first-order chi connectivity index (χ1) is 6.67. The molecule has 0 amide bonds. The fourth-order valence-electron chi connectivity index (χ4n) is 1.04. The van der Waals surface area contributed by atoms with Crippen molar-refractivity contribution >= 4 is 0 Å². The number of nitriles is 2. The van der Waals surface area contributed by atoms with Crippen molar-refractivity contribution in [3.63, 3.8) is 0 Å². The lowest BCUT2D eigenvalue weighted by Crippen LogP contribution is -2.06. The lowest BCUT2D eigenvalue weighted by atomic mass is 10.1. The highest BCUT2D eigenvalue weighted by Gasteiger charge is 2.05. The predicted molar refractivity (Wildman–Crippen MR) is 51.6 cm³/mol. The Balaban J connectivity index is 3.08. The SMILES string of the molecule is CC(C)Oc1ccc(C#N)cc1C#N. The summed E-state index contributed by atoms with van der Waals surface area (Å²) in [5.41, 5.74) is 0.871. The largest absolute Gasteiger partial charge is 0.490 e. The van der Waals surface area contributed by atoms with E-state index < -0.39 is 0 Å². The number of ether oxygens (including phenoxy) is 1. The van der Waals surface area contributed by atoms with Gasteiger partial charge in [-0.25, -0.2) is 0 Å². The van der Waals surface area contributed by atoms with Gasteiger partial charge in [-0.15, -0.1) is 0 Å². The number of hydrogen-bond acceptors (Lipinski definition) is 3. The average Bonchev–Trinajstić information content (AvgIpc) is 2.17. The van der Waals surface area contributed by atoms with Crippen LogP contribution in [0.5, 0.6) is 5.75 Å². The normalized spacial score (nSPS) is 9.21. The molecule has 0 saturated heterocycles. The zero-order valence-electron chi connectivity index (χ0n) is 8.11. The van der Waals surface area contributed by atoms with Crippen molar-refractivity contribution in [2.45, 2.75) is 20.0 Å². The van der Waals surface area contributed by atoms with Gasteiger partial charge in [0.15, 0.2) is 0 Å². The first kappa shape index (κ1) is 10.1. The third kappa shape index (κ3) is 2.24. The highest BCUT2D eigenvalue weighted by Crippen LogP contribution is 2.20. The van der Waals surface area contributed by atoms with Crippen molar-refractivity contribution < 1.29 is 4.74 Å². The number of nitrogens with zero attached hydrogens (tertiary/aromatic N) is 2. The van der Waals surface area contributed by atoms with Crippen LogP contribution >= 0.6 is 0 Å². The smallest absolute Gasteiger partial charge is 0.137 e. The molecule has 0 unspecified atom stereocenters.